The van der Waals surface area contributed by atoms with Crippen LogP contribution in [0.5, 0.6) is 0 Å². The van der Waals surface area contributed by atoms with Crippen LogP contribution >= 0.6 is 0 Å². The minimum Gasteiger partial charge on any atom is -0.392 e. The monoisotopic (exact) mass is 401 g/mol. The molecule has 152 valence electrons. The molecule has 2 aliphatic rings. The molecular weight excluding hydrogens is 378 g/mol. The second kappa shape index (κ2) is 6.66. The highest BCUT2D eigenvalue weighted by Gasteiger charge is 2.70. The Balaban J connectivity index is 1.37. The van der Waals surface area contributed by atoms with Crippen LogP contribution in [-0.2, 0) is 6.42 Å². The first kappa shape index (κ1) is 18.8. The Bertz CT molecular complexity index is 1200. The highest BCUT2D eigenvalue weighted by Crippen LogP contribution is 2.69. The molecule has 5 rings (SSSR count). The van der Waals surface area contributed by atoms with Crippen molar-refractivity contribution in [2.75, 3.05) is 5.73 Å². The third-order valence-corrected chi connectivity index (χ3v) is 6.98. The number of aliphatic hydroxyl groups is 2. The molecule has 2 saturated carbocycles. The van der Waals surface area contributed by atoms with Gasteiger partial charge in [-0.1, -0.05) is 12.1 Å². The molecule has 0 aliphatic heterocycles. The van der Waals surface area contributed by atoms with Crippen LogP contribution in [0.15, 0.2) is 47.6 Å². The molecule has 7 nitrogen and oxygen atoms in total. The number of hydrogen-bond acceptors (Lipinski definition) is 5. The number of pyridine rings is 1. The average molecular weight is 401 g/mol. The summed E-state index contributed by atoms with van der Waals surface area (Å²) in [5.74, 6) is 1.17. The molecule has 0 bridgehead atoms. The second-order valence-electron chi connectivity index (χ2n) is 8.43. The fraction of sp³-hybridized carbons (Fsp3) is 0.348. The van der Waals surface area contributed by atoms with Gasteiger partial charge in [0.2, 0.25) is 5.69 Å². The molecule has 2 fully saturated rings. The van der Waals surface area contributed by atoms with Crippen LogP contribution in [0.25, 0.3) is 15.7 Å². The first-order valence-corrected chi connectivity index (χ1v) is 10.0. The standard InChI is InChI=1S/C23H23N5O2/c1-25-17-11-14-6-5-13(10-16(14)27-22(17)24)7-8-23-12-15(23)19(20(29)21(23)30)28-9-3-4-18(28)26-2/h3-6,9-11,15,19-21,29-30H,2,7-8,12H2,(H2,24,27)/t15-,19-,20+,21+,23+/m1/s1. The highest BCUT2D eigenvalue weighted by molar-refractivity contribution is 5.86. The van der Waals surface area contributed by atoms with Crippen molar-refractivity contribution in [2.24, 2.45) is 16.3 Å². The van der Waals surface area contributed by atoms with Crippen molar-refractivity contribution in [2.45, 2.75) is 37.5 Å². The van der Waals surface area contributed by atoms with E-state index in [-0.39, 0.29) is 23.2 Å². The minimum absolute atomic E-state index is 0.180. The van der Waals surface area contributed by atoms with Gasteiger partial charge in [0.05, 0.1) is 24.2 Å². The van der Waals surface area contributed by atoms with Crippen molar-refractivity contribution in [1.29, 1.82) is 0 Å². The maximum atomic E-state index is 10.9. The summed E-state index contributed by atoms with van der Waals surface area (Å²) in [5.41, 5.74) is 7.82. The van der Waals surface area contributed by atoms with Crippen LogP contribution in [0.4, 0.5) is 17.3 Å². The van der Waals surface area contributed by atoms with Crippen LogP contribution in [-0.4, -0.2) is 38.7 Å². The number of hydrogen-bond donors (Lipinski definition) is 3. The van der Waals surface area contributed by atoms with Crippen molar-refractivity contribution in [3.63, 3.8) is 0 Å². The lowest BCUT2D eigenvalue weighted by Gasteiger charge is -2.25. The SMILES string of the molecule is [C-]#[N+]c1cc2ccc(CC[C@]34C[C@@H]3[C@@H](n3cccc3N=C)[C@H](O)[C@@H]4O)cc2nc1N. The number of nitrogens with zero attached hydrogens (tertiary/aromatic N) is 4. The summed E-state index contributed by atoms with van der Waals surface area (Å²) >= 11 is 0. The molecule has 2 aromatic heterocycles. The number of nitrogens with two attached hydrogens (primary N) is 1. The summed E-state index contributed by atoms with van der Waals surface area (Å²) in [4.78, 5) is 11.8. The quantitative estimate of drug-likeness (QED) is 0.450. The minimum atomic E-state index is -0.818. The molecule has 0 saturated heterocycles. The summed E-state index contributed by atoms with van der Waals surface area (Å²) in [5, 5.41) is 22.5. The van der Waals surface area contributed by atoms with Crippen molar-refractivity contribution >= 4 is 34.9 Å². The Morgan fingerprint density at radius 1 is 1.33 bits per heavy atom. The van der Waals surface area contributed by atoms with E-state index in [0.717, 1.165) is 35.7 Å². The fourth-order valence-corrected chi connectivity index (χ4v) is 5.32. The van der Waals surface area contributed by atoms with Gasteiger partial charge in [0.25, 0.3) is 0 Å². The molecule has 30 heavy (non-hydrogen) atoms. The lowest BCUT2D eigenvalue weighted by atomic mass is 9.91. The lowest BCUT2D eigenvalue weighted by molar-refractivity contribution is -0.0194. The summed E-state index contributed by atoms with van der Waals surface area (Å²) in [7, 11) is 0. The normalized spacial score (nSPS) is 29.5. The van der Waals surface area contributed by atoms with Crippen LogP contribution in [0.2, 0.25) is 0 Å². The first-order valence-electron chi connectivity index (χ1n) is 10.0. The van der Waals surface area contributed by atoms with E-state index in [1.54, 1.807) is 6.07 Å². The molecule has 2 aliphatic carbocycles. The Morgan fingerprint density at radius 2 is 2.17 bits per heavy atom. The third kappa shape index (κ3) is 2.65. The van der Waals surface area contributed by atoms with Crippen molar-refractivity contribution in [3.8, 4) is 0 Å². The summed E-state index contributed by atoms with van der Waals surface area (Å²) < 4.78 is 1.94. The Labute approximate surface area is 174 Å². The number of anilines is 1. The molecule has 2 heterocycles. The van der Waals surface area contributed by atoms with E-state index in [0.29, 0.717) is 11.5 Å². The van der Waals surface area contributed by atoms with E-state index in [9.17, 15) is 10.2 Å². The molecule has 4 N–H and O–H groups in total. The van der Waals surface area contributed by atoms with Crippen molar-refractivity contribution in [1.82, 2.24) is 9.55 Å². The lowest BCUT2D eigenvalue weighted by Crippen LogP contribution is -2.34. The van der Waals surface area contributed by atoms with E-state index < -0.39 is 12.2 Å². The zero-order valence-electron chi connectivity index (χ0n) is 16.4. The van der Waals surface area contributed by atoms with Crippen molar-refractivity contribution in [3.05, 3.63) is 59.6 Å². The van der Waals surface area contributed by atoms with Gasteiger partial charge < -0.3 is 20.5 Å². The maximum Gasteiger partial charge on any atom is 0.228 e. The predicted octanol–water partition coefficient (Wildman–Crippen LogP) is 3.42. The first-order chi connectivity index (χ1) is 14.5. The van der Waals surface area contributed by atoms with Crippen LogP contribution in [0, 0.1) is 17.9 Å². The second-order valence-corrected chi connectivity index (χ2v) is 8.43. The smallest absolute Gasteiger partial charge is 0.228 e. The molecule has 0 amide bonds. The zero-order chi connectivity index (χ0) is 21.0. The van der Waals surface area contributed by atoms with Gasteiger partial charge in [-0.2, -0.15) is 0 Å². The van der Waals surface area contributed by atoms with Crippen LogP contribution in [0.3, 0.4) is 0 Å². The third-order valence-electron chi connectivity index (χ3n) is 6.98. The van der Waals surface area contributed by atoms with Gasteiger partial charge in [-0.3, -0.25) is 0 Å². The van der Waals surface area contributed by atoms with E-state index in [4.69, 9.17) is 12.3 Å². The molecule has 7 heteroatoms. The molecule has 0 unspecified atom stereocenters. The number of aliphatic imine (C=N–C) groups is 1. The van der Waals surface area contributed by atoms with E-state index >= 15 is 0 Å². The Kier molecular flexibility index (Phi) is 4.17. The van der Waals surface area contributed by atoms with Crippen LogP contribution < -0.4 is 5.73 Å². The van der Waals surface area contributed by atoms with Gasteiger partial charge in [-0.05, 0) is 67.1 Å². The Hall–Kier alpha value is -3.21. The molecule has 5 atom stereocenters. The molecule has 0 radical (unpaired) electrons. The Morgan fingerprint density at radius 3 is 2.93 bits per heavy atom. The van der Waals surface area contributed by atoms with Gasteiger partial charge in [0.1, 0.15) is 17.7 Å². The number of rotatable bonds is 5. The van der Waals surface area contributed by atoms with Crippen molar-refractivity contribution < 1.29 is 10.2 Å². The van der Waals surface area contributed by atoms with Gasteiger partial charge in [0, 0.05) is 11.6 Å². The predicted molar refractivity (Wildman–Crippen MR) is 116 cm³/mol. The summed E-state index contributed by atoms with van der Waals surface area (Å²) in [6, 6.07) is 11.3. The van der Waals surface area contributed by atoms with Gasteiger partial charge in [0.15, 0.2) is 0 Å². The number of nitrogen functional groups attached to an aromatic ring is 1. The molecule has 3 aromatic rings. The average Bonchev–Trinajstić information content (AvgIpc) is 3.19. The molecular formula is C23H23N5O2. The van der Waals surface area contributed by atoms with Gasteiger partial charge in [-0.25, -0.2) is 14.8 Å². The summed E-state index contributed by atoms with van der Waals surface area (Å²) in [6.45, 7) is 10.8. The molecule has 1 aromatic carbocycles. The largest absolute Gasteiger partial charge is 0.392 e. The topological polar surface area (TPSA) is 101 Å². The summed E-state index contributed by atoms with van der Waals surface area (Å²) in [6.07, 6.45) is 2.76. The number of aromatic nitrogens is 2. The highest BCUT2D eigenvalue weighted by atomic mass is 16.3. The molecule has 0 spiro atoms. The van der Waals surface area contributed by atoms with E-state index in [1.807, 2.05) is 41.1 Å². The maximum absolute atomic E-state index is 10.9. The van der Waals surface area contributed by atoms with E-state index in [1.165, 1.54) is 0 Å². The fourth-order valence-electron chi connectivity index (χ4n) is 5.32. The van der Waals surface area contributed by atoms with Crippen LogP contribution in [0.1, 0.15) is 24.4 Å². The number of fused-ring (bicyclic) bond motifs is 2. The number of aliphatic hydroxyl groups excluding tert-OH is 2. The number of benzene rings is 1. The zero-order valence-corrected chi connectivity index (χ0v) is 16.4. The van der Waals surface area contributed by atoms with Gasteiger partial charge in [-0.15, -0.1) is 0 Å². The van der Waals surface area contributed by atoms with E-state index in [2.05, 4.69) is 21.5 Å². The number of aryl methyl sites for hydroxylation is 1. The van der Waals surface area contributed by atoms with Gasteiger partial charge >= 0.3 is 0 Å².